The van der Waals surface area contributed by atoms with Gasteiger partial charge in [-0.1, -0.05) is 24.3 Å². The predicted octanol–water partition coefficient (Wildman–Crippen LogP) is 1.64. The summed E-state index contributed by atoms with van der Waals surface area (Å²) in [6.07, 6.45) is 1.71. The van der Waals surface area contributed by atoms with Crippen LogP contribution in [-0.2, 0) is 11.3 Å². The molecule has 1 unspecified atom stereocenters. The monoisotopic (exact) mass is 245 g/mol. The van der Waals surface area contributed by atoms with Crippen LogP contribution in [0, 0.1) is 0 Å². The lowest BCUT2D eigenvalue weighted by atomic mass is 10.1. The Kier molecular flexibility index (Phi) is 3.74. The Morgan fingerprint density at radius 1 is 1.39 bits per heavy atom. The van der Waals surface area contributed by atoms with E-state index < -0.39 is 12.0 Å². The largest absolute Gasteiger partial charge is 0.480 e. The van der Waals surface area contributed by atoms with Gasteiger partial charge in [0.05, 0.1) is 5.69 Å². The van der Waals surface area contributed by atoms with E-state index >= 15 is 0 Å². The Balaban J connectivity index is 1.98. The number of nitrogens with one attached hydrogen (secondary N) is 2. The standard InChI is InChI=1S/C13H15N3O2/c1-9(13(17)18)14-8-10-2-4-11(5-3-10)12-6-7-15-16-12/h2-7,9,14H,8H2,1H3,(H,15,16)(H,17,18). The van der Waals surface area contributed by atoms with Gasteiger partial charge < -0.3 is 10.4 Å². The van der Waals surface area contributed by atoms with Crippen molar-refractivity contribution in [3.8, 4) is 11.3 Å². The van der Waals surface area contributed by atoms with Gasteiger partial charge >= 0.3 is 5.97 Å². The van der Waals surface area contributed by atoms with Gasteiger partial charge in [0.1, 0.15) is 6.04 Å². The summed E-state index contributed by atoms with van der Waals surface area (Å²) in [5, 5.41) is 18.5. The molecule has 0 radical (unpaired) electrons. The molecule has 0 aliphatic carbocycles. The number of hydrogen-bond donors (Lipinski definition) is 3. The highest BCUT2D eigenvalue weighted by molar-refractivity contribution is 5.72. The first-order chi connectivity index (χ1) is 8.66. The molecular weight excluding hydrogens is 230 g/mol. The SMILES string of the molecule is CC(NCc1ccc(-c2ccn[nH]2)cc1)C(=O)O. The lowest BCUT2D eigenvalue weighted by Crippen LogP contribution is -2.33. The summed E-state index contributed by atoms with van der Waals surface area (Å²) in [5.74, 6) is -0.843. The molecule has 5 nitrogen and oxygen atoms in total. The van der Waals surface area contributed by atoms with Crippen molar-refractivity contribution in [1.82, 2.24) is 15.5 Å². The Morgan fingerprint density at radius 2 is 2.11 bits per heavy atom. The zero-order valence-corrected chi connectivity index (χ0v) is 10.1. The fourth-order valence-electron chi connectivity index (χ4n) is 1.58. The number of carboxylic acid groups (broad SMARTS) is 1. The van der Waals surface area contributed by atoms with Gasteiger partial charge in [0.25, 0.3) is 0 Å². The summed E-state index contributed by atoms with van der Waals surface area (Å²) >= 11 is 0. The maximum Gasteiger partial charge on any atom is 0.320 e. The first kappa shape index (κ1) is 12.3. The van der Waals surface area contributed by atoms with E-state index in [1.807, 2.05) is 30.3 Å². The Bertz CT molecular complexity index is 506. The normalized spacial score (nSPS) is 12.3. The van der Waals surface area contributed by atoms with Crippen LogP contribution >= 0.6 is 0 Å². The molecule has 94 valence electrons. The van der Waals surface area contributed by atoms with Crippen LogP contribution < -0.4 is 5.32 Å². The first-order valence-electron chi connectivity index (χ1n) is 5.71. The topological polar surface area (TPSA) is 78.0 Å². The van der Waals surface area contributed by atoms with Gasteiger partial charge in [-0.2, -0.15) is 5.10 Å². The van der Waals surface area contributed by atoms with E-state index in [9.17, 15) is 4.79 Å². The van der Waals surface area contributed by atoms with Crippen LogP contribution in [-0.4, -0.2) is 27.3 Å². The van der Waals surface area contributed by atoms with Gasteiger partial charge in [0.15, 0.2) is 0 Å². The molecule has 5 heteroatoms. The summed E-state index contributed by atoms with van der Waals surface area (Å²) in [6.45, 7) is 2.16. The number of H-pyrrole nitrogens is 1. The lowest BCUT2D eigenvalue weighted by Gasteiger charge is -2.09. The van der Waals surface area contributed by atoms with Crippen LogP contribution in [0.15, 0.2) is 36.5 Å². The molecule has 0 saturated carbocycles. The predicted molar refractivity (Wildman–Crippen MR) is 68.0 cm³/mol. The van der Waals surface area contributed by atoms with Crippen LogP contribution in [0.25, 0.3) is 11.3 Å². The molecule has 0 saturated heterocycles. The number of hydrogen-bond acceptors (Lipinski definition) is 3. The molecule has 1 aromatic heterocycles. The van der Waals surface area contributed by atoms with Crippen molar-refractivity contribution in [2.24, 2.45) is 0 Å². The fourth-order valence-corrected chi connectivity index (χ4v) is 1.58. The quantitative estimate of drug-likeness (QED) is 0.748. The molecular formula is C13H15N3O2. The zero-order valence-electron chi connectivity index (χ0n) is 10.1. The number of benzene rings is 1. The number of nitrogens with zero attached hydrogens (tertiary/aromatic N) is 1. The average molecular weight is 245 g/mol. The summed E-state index contributed by atoms with van der Waals surface area (Å²) < 4.78 is 0. The highest BCUT2D eigenvalue weighted by Gasteiger charge is 2.09. The van der Waals surface area contributed by atoms with E-state index in [1.165, 1.54) is 0 Å². The molecule has 1 atom stereocenters. The molecule has 0 fully saturated rings. The van der Waals surface area contributed by atoms with Crippen molar-refractivity contribution >= 4 is 5.97 Å². The zero-order chi connectivity index (χ0) is 13.0. The highest BCUT2D eigenvalue weighted by atomic mass is 16.4. The van der Waals surface area contributed by atoms with E-state index in [2.05, 4.69) is 15.5 Å². The van der Waals surface area contributed by atoms with Gasteiger partial charge in [-0.15, -0.1) is 0 Å². The summed E-state index contributed by atoms with van der Waals surface area (Å²) in [4.78, 5) is 10.7. The molecule has 0 aliphatic rings. The number of rotatable bonds is 5. The van der Waals surface area contributed by atoms with Crippen LogP contribution in [0.5, 0.6) is 0 Å². The maximum absolute atomic E-state index is 10.7. The minimum atomic E-state index is -0.843. The number of aliphatic carboxylic acids is 1. The van der Waals surface area contributed by atoms with Gasteiger partial charge in [-0.05, 0) is 24.1 Å². The summed E-state index contributed by atoms with van der Waals surface area (Å²) in [6, 6.07) is 9.26. The second-order valence-electron chi connectivity index (χ2n) is 4.11. The number of aromatic amines is 1. The highest BCUT2D eigenvalue weighted by Crippen LogP contribution is 2.16. The molecule has 1 heterocycles. The van der Waals surface area contributed by atoms with E-state index in [-0.39, 0.29) is 0 Å². The van der Waals surface area contributed by atoms with Gasteiger partial charge in [-0.25, -0.2) is 0 Å². The van der Waals surface area contributed by atoms with Crippen molar-refractivity contribution in [1.29, 1.82) is 0 Å². The number of carboxylic acids is 1. The molecule has 0 spiro atoms. The molecule has 0 amide bonds. The molecule has 18 heavy (non-hydrogen) atoms. The third-order valence-corrected chi connectivity index (χ3v) is 2.75. The van der Waals surface area contributed by atoms with Crippen LogP contribution in [0.2, 0.25) is 0 Å². The molecule has 2 rings (SSSR count). The smallest absolute Gasteiger partial charge is 0.320 e. The molecule has 0 aliphatic heterocycles. The number of aromatic nitrogens is 2. The Morgan fingerprint density at radius 3 is 2.67 bits per heavy atom. The third kappa shape index (κ3) is 2.95. The second kappa shape index (κ2) is 5.46. The molecule has 2 aromatic rings. The van der Waals surface area contributed by atoms with Crippen LogP contribution in [0.4, 0.5) is 0 Å². The van der Waals surface area contributed by atoms with Crippen molar-refractivity contribution in [2.45, 2.75) is 19.5 Å². The Hall–Kier alpha value is -2.14. The fraction of sp³-hybridized carbons (Fsp3) is 0.231. The van der Waals surface area contributed by atoms with E-state index in [0.29, 0.717) is 6.54 Å². The van der Waals surface area contributed by atoms with Crippen molar-refractivity contribution < 1.29 is 9.90 Å². The Labute approximate surface area is 105 Å². The van der Waals surface area contributed by atoms with Crippen molar-refractivity contribution in [3.05, 3.63) is 42.1 Å². The maximum atomic E-state index is 10.7. The van der Waals surface area contributed by atoms with Crippen molar-refractivity contribution in [2.75, 3.05) is 0 Å². The minimum Gasteiger partial charge on any atom is -0.480 e. The van der Waals surface area contributed by atoms with E-state index in [4.69, 9.17) is 5.11 Å². The first-order valence-corrected chi connectivity index (χ1v) is 5.71. The van der Waals surface area contributed by atoms with E-state index in [0.717, 1.165) is 16.8 Å². The van der Waals surface area contributed by atoms with Gasteiger partial charge in [0.2, 0.25) is 0 Å². The van der Waals surface area contributed by atoms with E-state index in [1.54, 1.807) is 13.1 Å². The average Bonchev–Trinajstić information content (AvgIpc) is 2.90. The van der Waals surface area contributed by atoms with Gasteiger partial charge in [-0.3, -0.25) is 9.89 Å². The number of carbonyl (C=O) groups is 1. The lowest BCUT2D eigenvalue weighted by molar-refractivity contribution is -0.139. The summed E-state index contributed by atoms with van der Waals surface area (Å²) in [5.41, 5.74) is 3.07. The van der Waals surface area contributed by atoms with Gasteiger partial charge in [0, 0.05) is 12.7 Å². The molecule has 1 aromatic carbocycles. The third-order valence-electron chi connectivity index (χ3n) is 2.75. The van der Waals surface area contributed by atoms with Crippen LogP contribution in [0.3, 0.4) is 0 Å². The van der Waals surface area contributed by atoms with Crippen molar-refractivity contribution in [3.63, 3.8) is 0 Å². The second-order valence-corrected chi connectivity index (χ2v) is 4.11. The van der Waals surface area contributed by atoms with Crippen LogP contribution in [0.1, 0.15) is 12.5 Å². The molecule has 3 N–H and O–H groups in total. The minimum absolute atomic E-state index is 0.538. The molecule has 0 bridgehead atoms. The summed E-state index contributed by atoms with van der Waals surface area (Å²) in [7, 11) is 0.